The molecule has 0 spiro atoms. The standard InChI is InChI=1S/C19H19N5OS/c1-12-21-15-5-4-13(25-3)10-14(15)16(22-12)6-7-18-23-17(11-24(18)2)19-20-8-9-26-19/h4-5,8-11H,6-7H2,1-3H3. The molecule has 0 saturated heterocycles. The lowest BCUT2D eigenvalue weighted by Gasteiger charge is -2.08. The van der Waals surface area contributed by atoms with Crippen LogP contribution in [0.15, 0.2) is 36.0 Å². The van der Waals surface area contributed by atoms with Crippen LogP contribution in [0.3, 0.4) is 0 Å². The smallest absolute Gasteiger partial charge is 0.143 e. The van der Waals surface area contributed by atoms with Gasteiger partial charge < -0.3 is 9.30 Å². The minimum absolute atomic E-state index is 0.779. The molecule has 0 N–H and O–H groups in total. The highest BCUT2D eigenvalue weighted by Gasteiger charge is 2.12. The minimum atomic E-state index is 0.779. The number of ether oxygens (including phenoxy) is 1. The van der Waals surface area contributed by atoms with Crippen LogP contribution >= 0.6 is 11.3 Å². The molecule has 0 saturated carbocycles. The maximum Gasteiger partial charge on any atom is 0.143 e. The molecule has 0 fully saturated rings. The Morgan fingerprint density at radius 3 is 2.81 bits per heavy atom. The van der Waals surface area contributed by atoms with Gasteiger partial charge in [0.1, 0.15) is 28.1 Å². The Labute approximate surface area is 155 Å². The van der Waals surface area contributed by atoms with E-state index < -0.39 is 0 Å². The molecule has 3 aromatic heterocycles. The van der Waals surface area contributed by atoms with Gasteiger partial charge in [-0.1, -0.05) is 0 Å². The zero-order valence-corrected chi connectivity index (χ0v) is 15.7. The van der Waals surface area contributed by atoms with E-state index in [1.165, 1.54) is 0 Å². The third-order valence-electron chi connectivity index (χ3n) is 4.30. The molecule has 3 heterocycles. The zero-order chi connectivity index (χ0) is 18.1. The van der Waals surface area contributed by atoms with Crippen molar-refractivity contribution in [3.63, 3.8) is 0 Å². The van der Waals surface area contributed by atoms with E-state index in [2.05, 4.69) is 19.5 Å². The van der Waals surface area contributed by atoms with Crippen LogP contribution in [0.5, 0.6) is 5.75 Å². The van der Waals surface area contributed by atoms with Gasteiger partial charge in [-0.3, -0.25) is 0 Å². The predicted octanol–water partition coefficient (Wildman–Crippen LogP) is 3.59. The summed E-state index contributed by atoms with van der Waals surface area (Å²) in [7, 11) is 3.69. The van der Waals surface area contributed by atoms with E-state index in [1.807, 2.05) is 43.7 Å². The van der Waals surface area contributed by atoms with Crippen LogP contribution in [0.25, 0.3) is 21.6 Å². The molecule has 26 heavy (non-hydrogen) atoms. The maximum atomic E-state index is 5.36. The van der Waals surface area contributed by atoms with Crippen LogP contribution in [-0.2, 0) is 19.9 Å². The molecule has 0 aliphatic rings. The van der Waals surface area contributed by atoms with Crippen molar-refractivity contribution in [2.75, 3.05) is 7.11 Å². The van der Waals surface area contributed by atoms with Crippen LogP contribution in [0.2, 0.25) is 0 Å². The summed E-state index contributed by atoms with van der Waals surface area (Å²) in [5.74, 6) is 2.61. The molecule has 4 aromatic rings. The lowest BCUT2D eigenvalue weighted by molar-refractivity contribution is 0.415. The Morgan fingerprint density at radius 1 is 1.15 bits per heavy atom. The van der Waals surface area contributed by atoms with Gasteiger partial charge in [0.2, 0.25) is 0 Å². The second kappa shape index (κ2) is 6.84. The van der Waals surface area contributed by atoms with E-state index >= 15 is 0 Å². The third-order valence-corrected chi connectivity index (χ3v) is 5.10. The molecular formula is C19H19N5OS. The molecule has 4 rings (SSSR count). The zero-order valence-electron chi connectivity index (χ0n) is 14.9. The number of hydrogen-bond donors (Lipinski definition) is 0. The van der Waals surface area contributed by atoms with Crippen LogP contribution in [0.4, 0.5) is 0 Å². The van der Waals surface area contributed by atoms with Crippen molar-refractivity contribution < 1.29 is 4.74 Å². The molecule has 0 radical (unpaired) electrons. The fourth-order valence-electron chi connectivity index (χ4n) is 3.04. The molecule has 1 aromatic carbocycles. The van der Waals surface area contributed by atoms with Crippen molar-refractivity contribution >= 4 is 22.2 Å². The molecule has 0 atom stereocenters. The van der Waals surface area contributed by atoms with Gasteiger partial charge in [-0.05, 0) is 31.5 Å². The van der Waals surface area contributed by atoms with E-state index in [0.717, 1.165) is 57.5 Å². The van der Waals surface area contributed by atoms with Gasteiger partial charge in [-0.2, -0.15) is 0 Å². The van der Waals surface area contributed by atoms with Crippen molar-refractivity contribution in [1.82, 2.24) is 24.5 Å². The fraction of sp³-hybridized carbons (Fsp3) is 0.263. The lowest BCUT2D eigenvalue weighted by Crippen LogP contribution is -2.04. The largest absolute Gasteiger partial charge is 0.497 e. The van der Waals surface area contributed by atoms with E-state index in [9.17, 15) is 0 Å². The second-order valence-electron chi connectivity index (χ2n) is 6.09. The molecule has 0 aliphatic carbocycles. The topological polar surface area (TPSA) is 65.7 Å². The molecule has 0 unspecified atom stereocenters. The third kappa shape index (κ3) is 3.17. The number of imidazole rings is 1. The summed E-state index contributed by atoms with van der Waals surface area (Å²) in [6, 6.07) is 5.91. The van der Waals surface area contributed by atoms with Crippen molar-refractivity contribution in [2.45, 2.75) is 19.8 Å². The highest BCUT2D eigenvalue weighted by Crippen LogP contribution is 2.24. The average Bonchev–Trinajstić information content (AvgIpc) is 3.29. The Morgan fingerprint density at radius 2 is 2.04 bits per heavy atom. The van der Waals surface area contributed by atoms with Crippen molar-refractivity contribution in [3.8, 4) is 16.5 Å². The Balaban J connectivity index is 1.64. The van der Waals surface area contributed by atoms with Crippen LogP contribution in [0.1, 0.15) is 17.3 Å². The summed E-state index contributed by atoms with van der Waals surface area (Å²) < 4.78 is 7.42. The summed E-state index contributed by atoms with van der Waals surface area (Å²) in [5, 5.41) is 3.94. The number of thiazole rings is 1. The summed E-state index contributed by atoms with van der Waals surface area (Å²) in [6.07, 6.45) is 5.41. The first-order chi connectivity index (χ1) is 12.6. The molecule has 0 aliphatic heterocycles. The van der Waals surface area contributed by atoms with Crippen LogP contribution in [0, 0.1) is 6.92 Å². The highest BCUT2D eigenvalue weighted by molar-refractivity contribution is 7.13. The number of nitrogens with zero attached hydrogens (tertiary/aromatic N) is 5. The molecule has 132 valence electrons. The first kappa shape index (κ1) is 16.7. The SMILES string of the molecule is COc1ccc2nc(C)nc(CCc3nc(-c4nccs4)cn3C)c2c1. The highest BCUT2D eigenvalue weighted by atomic mass is 32.1. The van der Waals surface area contributed by atoms with Crippen molar-refractivity contribution in [1.29, 1.82) is 0 Å². The van der Waals surface area contributed by atoms with Crippen LogP contribution in [-0.4, -0.2) is 31.6 Å². The normalized spacial score (nSPS) is 11.2. The first-order valence-corrected chi connectivity index (χ1v) is 9.25. The van der Waals surface area contributed by atoms with Crippen molar-refractivity contribution in [3.05, 3.63) is 53.3 Å². The molecular weight excluding hydrogens is 346 g/mol. The summed E-state index contributed by atoms with van der Waals surface area (Å²) >= 11 is 1.60. The Hall–Kier alpha value is -2.80. The number of rotatable bonds is 5. The molecule has 7 heteroatoms. The molecule has 6 nitrogen and oxygen atoms in total. The summed E-state index contributed by atoms with van der Waals surface area (Å²) in [5.41, 5.74) is 2.88. The number of hydrogen-bond acceptors (Lipinski definition) is 6. The monoisotopic (exact) mass is 365 g/mol. The lowest BCUT2D eigenvalue weighted by atomic mass is 10.1. The quantitative estimate of drug-likeness (QED) is 0.541. The van der Waals surface area contributed by atoms with Crippen LogP contribution < -0.4 is 4.74 Å². The van der Waals surface area contributed by atoms with E-state index in [4.69, 9.17) is 9.72 Å². The van der Waals surface area contributed by atoms with E-state index in [0.29, 0.717) is 0 Å². The number of aryl methyl sites for hydroxylation is 4. The number of methoxy groups -OCH3 is 1. The fourth-order valence-corrected chi connectivity index (χ4v) is 3.63. The van der Waals surface area contributed by atoms with Gasteiger partial charge in [-0.15, -0.1) is 11.3 Å². The summed E-state index contributed by atoms with van der Waals surface area (Å²) in [4.78, 5) is 18.3. The Kier molecular flexibility index (Phi) is 4.38. The van der Waals surface area contributed by atoms with E-state index in [-0.39, 0.29) is 0 Å². The average molecular weight is 365 g/mol. The predicted molar refractivity (Wildman–Crippen MR) is 103 cm³/mol. The van der Waals surface area contributed by atoms with Gasteiger partial charge in [0.05, 0.1) is 18.3 Å². The second-order valence-corrected chi connectivity index (χ2v) is 6.99. The number of benzene rings is 1. The van der Waals surface area contributed by atoms with Gasteiger partial charge in [0.15, 0.2) is 0 Å². The van der Waals surface area contributed by atoms with Gasteiger partial charge >= 0.3 is 0 Å². The van der Waals surface area contributed by atoms with Crippen molar-refractivity contribution in [2.24, 2.45) is 7.05 Å². The Bertz CT molecular complexity index is 1060. The molecule has 0 amide bonds. The molecule has 0 bridgehead atoms. The number of aromatic nitrogens is 5. The van der Waals surface area contributed by atoms with Gasteiger partial charge in [-0.25, -0.2) is 19.9 Å². The van der Waals surface area contributed by atoms with Gasteiger partial charge in [0, 0.05) is 36.6 Å². The summed E-state index contributed by atoms with van der Waals surface area (Å²) in [6.45, 7) is 1.93. The minimum Gasteiger partial charge on any atom is -0.497 e. The van der Waals surface area contributed by atoms with E-state index in [1.54, 1.807) is 24.6 Å². The number of fused-ring (bicyclic) bond motifs is 1. The maximum absolute atomic E-state index is 5.36. The van der Waals surface area contributed by atoms with Gasteiger partial charge in [0.25, 0.3) is 0 Å². The first-order valence-electron chi connectivity index (χ1n) is 8.37.